The zero-order chi connectivity index (χ0) is 26.8. The number of amides is 1. The highest BCUT2D eigenvalue weighted by Crippen LogP contribution is 2.29. The van der Waals surface area contributed by atoms with Crippen LogP contribution >= 0.6 is 12.2 Å². The van der Waals surface area contributed by atoms with Crippen molar-refractivity contribution < 1.29 is 27.8 Å². The molecule has 37 heavy (non-hydrogen) atoms. The average molecular weight is 527 g/mol. The van der Waals surface area contributed by atoms with Gasteiger partial charge in [-0.15, -0.1) is 0 Å². The summed E-state index contributed by atoms with van der Waals surface area (Å²) in [6.07, 6.45) is 3.41. The SMILES string of the molecule is CCOC(C)=O.O=C(Cc1ccc(F)cc1)NC(=S)Nc1ccc(Oc2cccn3nccc23)c(F)c1. The maximum atomic E-state index is 14.5. The summed E-state index contributed by atoms with van der Waals surface area (Å²) in [5.74, 6) is -1.07. The first-order valence-electron chi connectivity index (χ1n) is 11.1. The molecule has 0 aliphatic carbocycles. The van der Waals surface area contributed by atoms with Gasteiger partial charge in [0.1, 0.15) is 11.3 Å². The van der Waals surface area contributed by atoms with Crippen LogP contribution in [-0.2, 0) is 20.7 Å². The van der Waals surface area contributed by atoms with Crippen LogP contribution in [0.5, 0.6) is 11.5 Å². The number of nitrogens with zero attached hydrogens (tertiary/aromatic N) is 2. The number of fused-ring (bicyclic) bond motifs is 1. The van der Waals surface area contributed by atoms with Gasteiger partial charge in [0.05, 0.1) is 19.2 Å². The van der Waals surface area contributed by atoms with Crippen LogP contribution in [0, 0.1) is 11.6 Å². The number of hydrogen-bond acceptors (Lipinski definition) is 6. The molecule has 0 aliphatic heterocycles. The first kappa shape index (κ1) is 27.2. The average Bonchev–Trinajstić information content (AvgIpc) is 3.32. The molecule has 0 aliphatic rings. The first-order chi connectivity index (χ1) is 17.7. The summed E-state index contributed by atoms with van der Waals surface area (Å²) in [6, 6.07) is 15.1. The Kier molecular flexibility index (Phi) is 9.61. The third-order valence-electron chi connectivity index (χ3n) is 4.69. The minimum absolute atomic E-state index is 0.0178. The van der Waals surface area contributed by atoms with Crippen LogP contribution < -0.4 is 15.4 Å². The number of hydrogen-bond donors (Lipinski definition) is 2. The second-order valence-electron chi connectivity index (χ2n) is 7.51. The molecule has 4 rings (SSSR count). The van der Waals surface area contributed by atoms with Crippen molar-refractivity contribution in [1.29, 1.82) is 0 Å². The minimum atomic E-state index is -0.605. The van der Waals surface area contributed by atoms with E-state index in [1.54, 1.807) is 48.1 Å². The van der Waals surface area contributed by atoms with Crippen molar-refractivity contribution in [1.82, 2.24) is 14.9 Å². The highest BCUT2D eigenvalue weighted by molar-refractivity contribution is 7.80. The van der Waals surface area contributed by atoms with Crippen molar-refractivity contribution in [3.8, 4) is 11.5 Å². The number of thiocarbonyl (C=S) groups is 1. The predicted molar refractivity (Wildman–Crippen MR) is 138 cm³/mol. The number of ether oxygens (including phenoxy) is 2. The molecule has 0 radical (unpaired) electrons. The van der Waals surface area contributed by atoms with E-state index in [2.05, 4.69) is 20.5 Å². The molecule has 1 amide bonds. The normalized spacial score (nSPS) is 10.2. The van der Waals surface area contributed by atoms with Gasteiger partial charge in [0.2, 0.25) is 5.91 Å². The maximum absolute atomic E-state index is 14.5. The van der Waals surface area contributed by atoms with Crippen LogP contribution in [0.1, 0.15) is 19.4 Å². The lowest BCUT2D eigenvalue weighted by Crippen LogP contribution is -2.35. The molecule has 192 valence electrons. The molecular weight excluding hydrogens is 502 g/mol. The van der Waals surface area contributed by atoms with Crippen LogP contribution in [0.25, 0.3) is 5.52 Å². The van der Waals surface area contributed by atoms with Gasteiger partial charge >= 0.3 is 5.97 Å². The van der Waals surface area contributed by atoms with Crippen molar-refractivity contribution >= 4 is 40.4 Å². The highest BCUT2D eigenvalue weighted by atomic mass is 32.1. The Hall–Kier alpha value is -4.38. The van der Waals surface area contributed by atoms with Gasteiger partial charge in [0.15, 0.2) is 22.4 Å². The minimum Gasteiger partial charge on any atom is -0.466 e. The summed E-state index contributed by atoms with van der Waals surface area (Å²) in [4.78, 5) is 21.9. The van der Waals surface area contributed by atoms with Crippen molar-refractivity contribution in [3.05, 3.63) is 90.3 Å². The Morgan fingerprint density at radius 2 is 1.81 bits per heavy atom. The fourth-order valence-corrected chi connectivity index (χ4v) is 3.35. The molecule has 2 aromatic carbocycles. The largest absolute Gasteiger partial charge is 0.466 e. The zero-order valence-corrected chi connectivity index (χ0v) is 20.9. The summed E-state index contributed by atoms with van der Waals surface area (Å²) in [5.41, 5.74) is 1.69. The number of pyridine rings is 1. The van der Waals surface area contributed by atoms with E-state index in [-0.39, 0.29) is 35.0 Å². The Morgan fingerprint density at radius 3 is 2.46 bits per heavy atom. The van der Waals surface area contributed by atoms with Gasteiger partial charge in [-0.25, -0.2) is 13.3 Å². The molecule has 8 nitrogen and oxygen atoms in total. The summed E-state index contributed by atoms with van der Waals surface area (Å²) in [5, 5.41) is 9.39. The second-order valence-corrected chi connectivity index (χ2v) is 7.92. The third-order valence-corrected chi connectivity index (χ3v) is 4.89. The van der Waals surface area contributed by atoms with E-state index in [1.165, 1.54) is 43.3 Å². The molecule has 2 N–H and O–H groups in total. The highest BCUT2D eigenvalue weighted by Gasteiger charge is 2.11. The van der Waals surface area contributed by atoms with Crippen LogP contribution in [0.4, 0.5) is 14.5 Å². The van der Waals surface area contributed by atoms with E-state index in [0.717, 1.165) is 0 Å². The number of aromatic nitrogens is 2. The summed E-state index contributed by atoms with van der Waals surface area (Å²) in [6.45, 7) is 3.65. The first-order valence-corrected chi connectivity index (χ1v) is 11.5. The van der Waals surface area contributed by atoms with Crippen molar-refractivity contribution in [2.24, 2.45) is 0 Å². The molecule has 0 unspecified atom stereocenters. The van der Waals surface area contributed by atoms with Gasteiger partial charge in [-0.2, -0.15) is 5.10 Å². The van der Waals surface area contributed by atoms with E-state index >= 15 is 0 Å². The standard InChI is InChI=1S/C22H16F2N4O2S.C4H8O2/c23-15-5-3-14(4-6-15)12-21(29)27-22(31)26-16-7-8-19(17(24)13-16)30-20-2-1-11-28-18(20)9-10-25-28;1-3-6-4(2)5/h1-11,13H,12H2,(H2,26,27,29,31);3H2,1-2H3. The predicted octanol–water partition coefficient (Wildman–Crippen LogP) is 5.03. The Balaban J connectivity index is 0.000000568. The van der Waals surface area contributed by atoms with Gasteiger partial charge in [-0.1, -0.05) is 12.1 Å². The van der Waals surface area contributed by atoms with E-state index in [0.29, 0.717) is 29.1 Å². The summed E-state index contributed by atoms with van der Waals surface area (Å²) < 4.78 is 39.2. The molecule has 0 spiro atoms. The lowest BCUT2D eigenvalue weighted by Gasteiger charge is -2.12. The Labute approximate surface area is 217 Å². The number of nitrogens with one attached hydrogen (secondary N) is 2. The fourth-order valence-electron chi connectivity index (χ4n) is 3.12. The van der Waals surface area contributed by atoms with Gasteiger partial charge < -0.3 is 20.1 Å². The van der Waals surface area contributed by atoms with Crippen LogP contribution in [-0.4, -0.2) is 33.2 Å². The zero-order valence-electron chi connectivity index (χ0n) is 20.0. The maximum Gasteiger partial charge on any atom is 0.302 e. The number of carbonyl (C=O) groups excluding carboxylic acids is 2. The lowest BCUT2D eigenvalue weighted by atomic mass is 10.1. The number of anilines is 1. The van der Waals surface area contributed by atoms with Crippen LogP contribution in [0.15, 0.2) is 73.1 Å². The number of benzene rings is 2. The molecule has 11 heteroatoms. The fraction of sp³-hybridized carbons (Fsp3) is 0.154. The Bertz CT molecular complexity index is 1390. The molecule has 2 aromatic heterocycles. The van der Waals surface area contributed by atoms with E-state index in [9.17, 15) is 18.4 Å². The molecule has 2 heterocycles. The van der Waals surface area contributed by atoms with Crippen LogP contribution in [0.3, 0.4) is 0 Å². The van der Waals surface area contributed by atoms with E-state index < -0.39 is 5.82 Å². The molecule has 0 atom stereocenters. The monoisotopic (exact) mass is 526 g/mol. The van der Waals surface area contributed by atoms with E-state index in [4.69, 9.17) is 17.0 Å². The topological polar surface area (TPSA) is 94.0 Å². The van der Waals surface area contributed by atoms with Crippen LogP contribution in [0.2, 0.25) is 0 Å². The number of esters is 1. The number of rotatable bonds is 6. The summed E-state index contributed by atoms with van der Waals surface area (Å²) >= 11 is 5.11. The second kappa shape index (κ2) is 13.1. The van der Waals surface area contributed by atoms with E-state index in [1.807, 2.05) is 0 Å². The quantitative estimate of drug-likeness (QED) is 0.269. The third kappa shape index (κ3) is 8.36. The van der Waals surface area contributed by atoms with Gasteiger partial charge in [0, 0.05) is 24.9 Å². The van der Waals surface area contributed by atoms with Gasteiger partial charge in [-0.3, -0.25) is 9.59 Å². The number of halogens is 2. The Morgan fingerprint density at radius 1 is 1.05 bits per heavy atom. The molecule has 0 bridgehead atoms. The van der Waals surface area contributed by atoms with Crippen molar-refractivity contribution in [2.45, 2.75) is 20.3 Å². The number of carbonyl (C=O) groups is 2. The molecule has 0 saturated heterocycles. The van der Waals surface area contributed by atoms with Gasteiger partial charge in [-0.05, 0) is 67.2 Å². The molecular formula is C26H24F2N4O4S. The molecule has 4 aromatic rings. The smallest absolute Gasteiger partial charge is 0.302 e. The van der Waals surface area contributed by atoms with Crippen molar-refractivity contribution in [2.75, 3.05) is 11.9 Å². The molecule has 0 fully saturated rings. The van der Waals surface area contributed by atoms with Gasteiger partial charge in [0.25, 0.3) is 0 Å². The molecule has 0 saturated carbocycles. The lowest BCUT2D eigenvalue weighted by molar-refractivity contribution is -0.140. The summed E-state index contributed by atoms with van der Waals surface area (Å²) in [7, 11) is 0. The van der Waals surface area contributed by atoms with Crippen molar-refractivity contribution in [3.63, 3.8) is 0 Å².